The van der Waals surface area contributed by atoms with Crippen molar-refractivity contribution < 1.29 is 9.59 Å². The number of piperazine rings is 1. The summed E-state index contributed by atoms with van der Waals surface area (Å²) >= 11 is 5.99. The zero-order valence-electron chi connectivity index (χ0n) is 20.9. The lowest BCUT2D eigenvalue weighted by Gasteiger charge is -2.43. The number of carbonyl (C=O) groups excluding carboxylic acids is 2. The van der Waals surface area contributed by atoms with Gasteiger partial charge in [0, 0.05) is 53.4 Å². The van der Waals surface area contributed by atoms with Crippen LogP contribution in [0, 0.1) is 0 Å². The van der Waals surface area contributed by atoms with E-state index in [1.54, 1.807) is 53.7 Å². The van der Waals surface area contributed by atoms with E-state index in [2.05, 4.69) is 27.2 Å². The molecule has 0 bridgehead atoms. The fraction of sp³-hybridized carbons (Fsp3) is 0.222. The fourth-order valence-electron chi connectivity index (χ4n) is 4.83. The van der Waals surface area contributed by atoms with Gasteiger partial charge in [0.15, 0.2) is 0 Å². The molecule has 38 heavy (non-hydrogen) atoms. The molecule has 5 rings (SSSR count). The zero-order chi connectivity index (χ0) is 27.0. The van der Waals surface area contributed by atoms with Crippen molar-refractivity contribution in [2.24, 2.45) is 0 Å². The van der Waals surface area contributed by atoms with Gasteiger partial charge in [-0.05, 0) is 44.2 Å². The summed E-state index contributed by atoms with van der Waals surface area (Å²) in [6.07, 6.45) is 6.25. The van der Waals surface area contributed by atoms with Crippen molar-refractivity contribution in [1.82, 2.24) is 29.6 Å². The first-order valence-electron chi connectivity index (χ1n) is 12.1. The van der Waals surface area contributed by atoms with E-state index in [0.717, 1.165) is 5.56 Å². The third kappa shape index (κ3) is 4.59. The Labute approximate surface area is 224 Å². The van der Waals surface area contributed by atoms with Crippen molar-refractivity contribution in [2.75, 3.05) is 17.6 Å². The van der Waals surface area contributed by atoms with Crippen LogP contribution in [0.3, 0.4) is 0 Å². The van der Waals surface area contributed by atoms with E-state index in [1.807, 2.05) is 18.2 Å². The molecule has 1 aromatic carbocycles. The smallest absolute Gasteiger partial charge is 0.256 e. The molecule has 0 saturated carbocycles. The summed E-state index contributed by atoms with van der Waals surface area (Å²) in [5.74, 6) is 0.831. The molecule has 0 spiro atoms. The molecule has 1 aliphatic heterocycles. The first kappa shape index (κ1) is 25.4. The van der Waals surface area contributed by atoms with E-state index >= 15 is 0 Å². The summed E-state index contributed by atoms with van der Waals surface area (Å²) in [5, 5.41) is 6.69. The lowest BCUT2D eigenvalue weighted by molar-refractivity contribution is -0.133. The summed E-state index contributed by atoms with van der Waals surface area (Å²) in [6, 6.07) is 9.70. The van der Waals surface area contributed by atoms with Crippen molar-refractivity contribution in [1.29, 1.82) is 0 Å². The second kappa shape index (κ2) is 10.2. The van der Waals surface area contributed by atoms with Crippen molar-refractivity contribution in [3.63, 3.8) is 0 Å². The van der Waals surface area contributed by atoms with Crippen LogP contribution in [0.5, 0.6) is 0 Å². The number of hydrogen-bond donors (Lipinski definition) is 3. The number of anilines is 2. The predicted molar refractivity (Wildman–Crippen MR) is 147 cm³/mol. The van der Waals surface area contributed by atoms with E-state index < -0.39 is 0 Å². The number of amides is 2. The van der Waals surface area contributed by atoms with Crippen LogP contribution in [0.15, 0.2) is 67.6 Å². The minimum Gasteiger partial charge on any atom is -0.382 e. The Morgan fingerprint density at radius 3 is 2.66 bits per heavy atom. The topological polar surface area (TPSA) is 131 Å². The highest BCUT2D eigenvalue weighted by molar-refractivity contribution is 6.30. The maximum atomic E-state index is 12.9. The number of imidazole rings is 1. The minimum absolute atomic E-state index is 0.0662. The van der Waals surface area contributed by atoms with Gasteiger partial charge in [-0.15, -0.1) is 0 Å². The molecule has 0 radical (unpaired) electrons. The van der Waals surface area contributed by atoms with Gasteiger partial charge in [0.2, 0.25) is 5.91 Å². The van der Waals surface area contributed by atoms with E-state index in [1.165, 1.54) is 12.3 Å². The van der Waals surface area contributed by atoms with Gasteiger partial charge in [-0.3, -0.25) is 14.0 Å². The van der Waals surface area contributed by atoms with E-state index in [9.17, 15) is 9.59 Å². The molecule has 1 unspecified atom stereocenters. The summed E-state index contributed by atoms with van der Waals surface area (Å²) < 4.78 is 1.88. The Morgan fingerprint density at radius 1 is 1.18 bits per heavy atom. The standard InChI is InChI=1S/C27H27ClN8O2/c1-4-21(37)36-15(2)14-32-16(3)23(36)26-34-22(24-25(29)31-11-12-35(24)26)17-5-7-18(8-6-17)27(38)33-20-13-19(28)9-10-30-20/h4-13,15-16,23,32H,1,14H2,2-3H3,(H2,29,31)(H,30,33,38)/t15-,16-,23?/m0/s1. The number of aromatic nitrogens is 4. The quantitative estimate of drug-likeness (QED) is 0.335. The number of pyridine rings is 1. The van der Waals surface area contributed by atoms with Gasteiger partial charge in [0.05, 0.1) is 0 Å². The van der Waals surface area contributed by atoms with Crippen molar-refractivity contribution in [3.05, 3.63) is 84.1 Å². The highest BCUT2D eigenvalue weighted by atomic mass is 35.5. The normalized spacial score (nSPS) is 19.3. The SMILES string of the molecule is C=CC(=O)N1C(c2nc(-c3ccc(C(=O)Nc4cc(Cl)ccn4)cc3)c3c(N)nccn23)[C@H](C)NC[C@@H]1C. The molecule has 3 aromatic heterocycles. The molecule has 1 fully saturated rings. The van der Waals surface area contributed by atoms with Crippen LogP contribution in [0.4, 0.5) is 11.6 Å². The molecular formula is C27H27ClN8O2. The molecule has 11 heteroatoms. The maximum Gasteiger partial charge on any atom is 0.256 e. The highest BCUT2D eigenvalue weighted by Gasteiger charge is 2.39. The molecule has 4 N–H and O–H groups in total. The lowest BCUT2D eigenvalue weighted by Crippen LogP contribution is -2.58. The summed E-state index contributed by atoms with van der Waals surface area (Å²) in [7, 11) is 0. The number of fused-ring (bicyclic) bond motifs is 1. The number of rotatable bonds is 5. The van der Waals surface area contributed by atoms with E-state index in [-0.39, 0.29) is 29.9 Å². The Balaban J connectivity index is 1.54. The molecule has 3 atom stereocenters. The number of hydrogen-bond acceptors (Lipinski definition) is 7. The number of benzene rings is 1. The van der Waals surface area contributed by atoms with Gasteiger partial charge in [0.1, 0.15) is 34.7 Å². The largest absolute Gasteiger partial charge is 0.382 e. The molecule has 4 aromatic rings. The molecule has 1 saturated heterocycles. The third-order valence-electron chi connectivity index (χ3n) is 6.67. The van der Waals surface area contributed by atoms with Crippen molar-refractivity contribution in [2.45, 2.75) is 32.0 Å². The van der Waals surface area contributed by atoms with Gasteiger partial charge in [-0.25, -0.2) is 15.0 Å². The molecule has 0 aliphatic carbocycles. The monoisotopic (exact) mass is 530 g/mol. The fourth-order valence-corrected chi connectivity index (χ4v) is 4.99. The Hall–Kier alpha value is -4.28. The molecule has 2 amide bonds. The van der Waals surface area contributed by atoms with Crippen LogP contribution in [-0.2, 0) is 4.79 Å². The van der Waals surface area contributed by atoms with Crippen LogP contribution < -0.4 is 16.4 Å². The molecule has 1 aliphatic rings. The maximum absolute atomic E-state index is 12.9. The number of halogens is 1. The van der Waals surface area contributed by atoms with Gasteiger partial charge >= 0.3 is 0 Å². The van der Waals surface area contributed by atoms with Gasteiger partial charge in [-0.1, -0.05) is 30.3 Å². The zero-order valence-corrected chi connectivity index (χ0v) is 21.7. The third-order valence-corrected chi connectivity index (χ3v) is 6.91. The van der Waals surface area contributed by atoms with Crippen LogP contribution >= 0.6 is 11.6 Å². The van der Waals surface area contributed by atoms with Crippen LogP contribution in [-0.4, -0.2) is 54.7 Å². The number of nitrogen functional groups attached to an aromatic ring is 1. The van der Waals surface area contributed by atoms with Gasteiger partial charge in [-0.2, -0.15) is 0 Å². The first-order chi connectivity index (χ1) is 18.3. The predicted octanol–water partition coefficient (Wildman–Crippen LogP) is 3.72. The van der Waals surface area contributed by atoms with Crippen LogP contribution in [0.2, 0.25) is 5.02 Å². The number of nitrogens with zero attached hydrogens (tertiary/aromatic N) is 5. The van der Waals surface area contributed by atoms with Crippen molar-refractivity contribution >= 4 is 40.6 Å². The Morgan fingerprint density at radius 2 is 1.95 bits per heavy atom. The average Bonchev–Trinajstić information content (AvgIpc) is 3.30. The van der Waals surface area contributed by atoms with Crippen LogP contribution in [0.25, 0.3) is 16.8 Å². The van der Waals surface area contributed by atoms with E-state index in [4.69, 9.17) is 22.3 Å². The highest BCUT2D eigenvalue weighted by Crippen LogP contribution is 2.35. The number of nitrogens with one attached hydrogen (secondary N) is 2. The second-order valence-corrected chi connectivity index (χ2v) is 9.62. The van der Waals surface area contributed by atoms with E-state index in [0.29, 0.717) is 45.8 Å². The lowest BCUT2D eigenvalue weighted by atomic mass is 10.00. The van der Waals surface area contributed by atoms with Crippen molar-refractivity contribution in [3.8, 4) is 11.3 Å². The molecule has 10 nitrogen and oxygen atoms in total. The first-order valence-corrected chi connectivity index (χ1v) is 12.5. The van der Waals surface area contributed by atoms with Gasteiger partial charge < -0.3 is 21.3 Å². The minimum atomic E-state index is -0.373. The molecule has 194 valence electrons. The summed E-state index contributed by atoms with van der Waals surface area (Å²) in [5.41, 5.74) is 8.74. The Bertz CT molecular complexity index is 1530. The summed E-state index contributed by atoms with van der Waals surface area (Å²) in [4.78, 5) is 40.8. The number of nitrogens with two attached hydrogens (primary N) is 1. The van der Waals surface area contributed by atoms with Gasteiger partial charge in [0.25, 0.3) is 5.91 Å². The molecular weight excluding hydrogens is 504 g/mol. The summed E-state index contributed by atoms with van der Waals surface area (Å²) in [6.45, 7) is 8.36. The van der Waals surface area contributed by atoms with Crippen LogP contribution in [0.1, 0.15) is 36.1 Å². The molecule has 4 heterocycles. The second-order valence-electron chi connectivity index (χ2n) is 9.18. The number of carbonyl (C=O) groups is 2. The Kier molecular flexibility index (Phi) is 6.83. The average molecular weight is 531 g/mol.